The number of nitrogens with one attached hydrogen (secondary N) is 3. The van der Waals surface area contributed by atoms with Crippen LogP contribution in [0, 0.1) is 11.6 Å². The molecule has 0 aliphatic heterocycles. The van der Waals surface area contributed by atoms with Gasteiger partial charge in [-0.15, -0.1) is 0 Å². The summed E-state index contributed by atoms with van der Waals surface area (Å²) in [5.74, 6) is -3.45. The first-order valence-corrected chi connectivity index (χ1v) is 11.6. The van der Waals surface area contributed by atoms with E-state index in [-0.39, 0.29) is 16.4 Å². The summed E-state index contributed by atoms with van der Waals surface area (Å²) in [6, 6.07) is 12.6. The molecular formula is C25H22Cl2F2N4O3. The second-order valence-corrected chi connectivity index (χ2v) is 8.45. The van der Waals surface area contributed by atoms with Gasteiger partial charge in [0.15, 0.2) is 0 Å². The number of hydrogen-bond acceptors (Lipinski definition) is 3. The summed E-state index contributed by atoms with van der Waals surface area (Å²) in [4.78, 5) is 38.7. The normalized spacial score (nSPS) is 10.5. The van der Waals surface area contributed by atoms with E-state index in [1.165, 1.54) is 18.2 Å². The maximum absolute atomic E-state index is 13.7. The lowest BCUT2D eigenvalue weighted by atomic mass is 10.2. The van der Waals surface area contributed by atoms with E-state index < -0.39 is 35.2 Å². The smallest absolute Gasteiger partial charge is 0.308 e. The Kier molecular flexibility index (Phi) is 9.21. The van der Waals surface area contributed by atoms with Gasteiger partial charge in [-0.25, -0.2) is 18.4 Å². The van der Waals surface area contributed by atoms with Crippen molar-refractivity contribution in [3.05, 3.63) is 87.9 Å². The van der Waals surface area contributed by atoms with Gasteiger partial charge in [-0.2, -0.15) is 0 Å². The molecule has 3 aromatic carbocycles. The van der Waals surface area contributed by atoms with Crippen LogP contribution in [-0.4, -0.2) is 24.5 Å². The van der Waals surface area contributed by atoms with Gasteiger partial charge in [0.05, 0.1) is 10.7 Å². The zero-order valence-corrected chi connectivity index (χ0v) is 20.6. The lowest BCUT2D eigenvalue weighted by Gasteiger charge is -2.23. The number of urea groups is 2. The van der Waals surface area contributed by atoms with Crippen LogP contribution in [0.1, 0.15) is 30.1 Å². The third kappa shape index (κ3) is 6.93. The monoisotopic (exact) mass is 534 g/mol. The van der Waals surface area contributed by atoms with Gasteiger partial charge in [0, 0.05) is 22.9 Å². The average molecular weight is 535 g/mol. The molecule has 11 heteroatoms. The van der Waals surface area contributed by atoms with E-state index in [2.05, 4.69) is 10.6 Å². The Bertz CT molecular complexity index is 1250. The standard InChI is InChI=1S/C25H22Cl2F2N4O3/c1-2-3-13-33(17-10-7-15(26)8-11-17)25(36)31-21-12-9-16(14-18(21)27)30-24(35)32-23(34)22-19(28)5-4-6-20(22)29/h4-12,14H,2-3,13H2,1H3,(H,31,36)(H2,30,32,34,35). The van der Waals surface area contributed by atoms with Gasteiger partial charge in [-0.05, 0) is 61.0 Å². The number of carbonyl (C=O) groups is 3. The topological polar surface area (TPSA) is 90.5 Å². The highest BCUT2D eigenvalue weighted by molar-refractivity contribution is 6.34. The minimum atomic E-state index is -1.24. The lowest BCUT2D eigenvalue weighted by Crippen LogP contribution is -2.36. The quantitative estimate of drug-likeness (QED) is 0.302. The first kappa shape index (κ1) is 26.9. The summed E-state index contributed by atoms with van der Waals surface area (Å²) < 4.78 is 27.5. The minimum Gasteiger partial charge on any atom is -0.308 e. The van der Waals surface area contributed by atoms with Crippen LogP contribution in [0.3, 0.4) is 0 Å². The molecule has 3 rings (SSSR count). The largest absolute Gasteiger partial charge is 0.326 e. The van der Waals surface area contributed by atoms with E-state index in [9.17, 15) is 23.2 Å². The number of benzene rings is 3. The van der Waals surface area contributed by atoms with Crippen LogP contribution >= 0.6 is 23.2 Å². The van der Waals surface area contributed by atoms with Gasteiger partial charge in [0.1, 0.15) is 17.2 Å². The maximum Gasteiger partial charge on any atom is 0.326 e. The molecule has 7 nitrogen and oxygen atoms in total. The molecular weight excluding hydrogens is 513 g/mol. The Labute approximate surface area is 216 Å². The summed E-state index contributed by atoms with van der Waals surface area (Å²) in [5, 5.41) is 7.59. The molecule has 0 aromatic heterocycles. The molecule has 5 amide bonds. The molecule has 0 unspecified atom stereocenters. The number of amides is 5. The molecule has 0 saturated carbocycles. The minimum absolute atomic E-state index is 0.110. The Balaban J connectivity index is 1.67. The summed E-state index contributed by atoms with van der Waals surface area (Å²) in [6.07, 6.45) is 1.66. The third-order valence-corrected chi connectivity index (χ3v) is 5.57. The van der Waals surface area contributed by atoms with Crippen molar-refractivity contribution in [2.24, 2.45) is 0 Å². The van der Waals surface area contributed by atoms with Gasteiger partial charge in [0.25, 0.3) is 5.91 Å². The van der Waals surface area contributed by atoms with Crippen LogP contribution in [-0.2, 0) is 0 Å². The van der Waals surface area contributed by atoms with E-state index in [0.717, 1.165) is 31.0 Å². The van der Waals surface area contributed by atoms with Crippen molar-refractivity contribution in [2.45, 2.75) is 19.8 Å². The van der Waals surface area contributed by atoms with Crippen LogP contribution < -0.4 is 20.9 Å². The SMILES string of the molecule is CCCCN(C(=O)Nc1ccc(NC(=O)NC(=O)c2c(F)cccc2F)cc1Cl)c1ccc(Cl)cc1. The highest BCUT2D eigenvalue weighted by Crippen LogP contribution is 2.27. The van der Waals surface area contributed by atoms with E-state index >= 15 is 0 Å². The number of hydrogen-bond donors (Lipinski definition) is 3. The maximum atomic E-state index is 13.7. The third-order valence-electron chi connectivity index (χ3n) is 5.00. The summed E-state index contributed by atoms with van der Waals surface area (Å²) in [6.45, 7) is 2.48. The van der Waals surface area contributed by atoms with E-state index in [1.807, 2.05) is 12.2 Å². The molecule has 0 aliphatic carbocycles. The molecule has 0 saturated heterocycles. The first-order chi connectivity index (χ1) is 17.2. The summed E-state index contributed by atoms with van der Waals surface area (Å²) in [5.41, 5.74) is 0.245. The summed E-state index contributed by atoms with van der Waals surface area (Å²) >= 11 is 12.2. The second kappa shape index (κ2) is 12.3. The van der Waals surface area contributed by atoms with Crippen LogP contribution in [0.15, 0.2) is 60.7 Å². The zero-order chi connectivity index (χ0) is 26.2. The van der Waals surface area contributed by atoms with Crippen molar-refractivity contribution in [1.82, 2.24) is 5.32 Å². The van der Waals surface area contributed by atoms with Gasteiger partial charge >= 0.3 is 12.1 Å². The molecule has 36 heavy (non-hydrogen) atoms. The van der Waals surface area contributed by atoms with Crippen molar-refractivity contribution in [3.63, 3.8) is 0 Å². The fourth-order valence-corrected chi connectivity index (χ4v) is 3.56. The molecule has 0 fully saturated rings. The van der Waals surface area contributed by atoms with Gasteiger partial charge in [-0.3, -0.25) is 15.0 Å². The van der Waals surface area contributed by atoms with Crippen molar-refractivity contribution >= 4 is 58.2 Å². The Morgan fingerprint density at radius 3 is 2.19 bits per heavy atom. The molecule has 0 atom stereocenters. The Hall–Kier alpha value is -3.69. The molecule has 0 spiro atoms. The number of anilines is 3. The Morgan fingerprint density at radius 1 is 0.917 bits per heavy atom. The molecule has 0 bridgehead atoms. The Morgan fingerprint density at radius 2 is 1.58 bits per heavy atom. The molecule has 0 aliphatic rings. The number of imide groups is 1. The van der Waals surface area contributed by atoms with Gasteiger partial charge in [-0.1, -0.05) is 42.6 Å². The number of rotatable bonds is 7. The molecule has 0 heterocycles. The van der Waals surface area contributed by atoms with Gasteiger partial charge < -0.3 is 10.6 Å². The van der Waals surface area contributed by atoms with E-state index in [0.29, 0.717) is 17.3 Å². The average Bonchev–Trinajstić information content (AvgIpc) is 2.82. The highest BCUT2D eigenvalue weighted by atomic mass is 35.5. The fraction of sp³-hybridized carbons (Fsp3) is 0.160. The van der Waals surface area contributed by atoms with E-state index in [4.69, 9.17) is 23.2 Å². The fourth-order valence-electron chi connectivity index (χ4n) is 3.20. The lowest BCUT2D eigenvalue weighted by molar-refractivity contribution is 0.0959. The van der Waals surface area contributed by atoms with Crippen molar-refractivity contribution < 1.29 is 23.2 Å². The van der Waals surface area contributed by atoms with Crippen molar-refractivity contribution in [3.8, 4) is 0 Å². The predicted octanol–water partition coefficient (Wildman–Crippen LogP) is 7.07. The number of nitrogens with zero attached hydrogens (tertiary/aromatic N) is 1. The first-order valence-electron chi connectivity index (χ1n) is 10.9. The summed E-state index contributed by atoms with van der Waals surface area (Å²) in [7, 11) is 0. The molecule has 3 N–H and O–H groups in total. The number of carbonyl (C=O) groups excluding carboxylic acids is 3. The zero-order valence-electron chi connectivity index (χ0n) is 19.1. The predicted molar refractivity (Wildman–Crippen MR) is 137 cm³/mol. The number of unbranched alkanes of at least 4 members (excludes halogenated alkanes) is 1. The van der Waals surface area contributed by atoms with Crippen molar-refractivity contribution in [2.75, 3.05) is 22.1 Å². The molecule has 188 valence electrons. The number of halogens is 4. The second-order valence-electron chi connectivity index (χ2n) is 7.61. The van der Waals surface area contributed by atoms with Crippen LogP contribution in [0.5, 0.6) is 0 Å². The molecule has 3 aromatic rings. The van der Waals surface area contributed by atoms with E-state index in [1.54, 1.807) is 29.2 Å². The van der Waals surface area contributed by atoms with Crippen LogP contribution in [0.2, 0.25) is 10.0 Å². The molecule has 0 radical (unpaired) electrons. The van der Waals surface area contributed by atoms with Crippen LogP contribution in [0.25, 0.3) is 0 Å². The van der Waals surface area contributed by atoms with Crippen molar-refractivity contribution in [1.29, 1.82) is 0 Å². The highest BCUT2D eigenvalue weighted by Gasteiger charge is 2.20. The van der Waals surface area contributed by atoms with Gasteiger partial charge in [0.2, 0.25) is 0 Å². The van der Waals surface area contributed by atoms with Crippen LogP contribution in [0.4, 0.5) is 35.4 Å².